The maximum atomic E-state index is 14.4. The fourth-order valence-corrected chi connectivity index (χ4v) is 7.64. The Hall–Kier alpha value is -3.70. The highest BCUT2D eigenvalue weighted by Crippen LogP contribution is 2.30. The number of carbonyl (C=O) groups excluding carboxylic acids is 1. The molecular weight excluding hydrogens is 675 g/mol. The van der Waals surface area contributed by atoms with E-state index < -0.39 is 38.1 Å². The van der Waals surface area contributed by atoms with Crippen LogP contribution in [0.4, 0.5) is 5.69 Å². The van der Waals surface area contributed by atoms with Gasteiger partial charge in [-0.1, -0.05) is 6.92 Å². The number of benzene rings is 2. The summed E-state index contributed by atoms with van der Waals surface area (Å²) in [5.41, 5.74) is 0.256. The zero-order chi connectivity index (χ0) is 35.9. The van der Waals surface area contributed by atoms with Crippen LogP contribution in [0.25, 0.3) is 0 Å². The van der Waals surface area contributed by atoms with Crippen LogP contribution in [0, 0.1) is 5.92 Å². The minimum absolute atomic E-state index is 0.00298. The summed E-state index contributed by atoms with van der Waals surface area (Å²) in [6, 6.07) is 9.79. The standard InChI is InChI=1S/C33H47N5O9S2/c1-23-18-38(24(2)21-39)33(40)29-17-26(35-48(41,42)28-13-11-27(45-6)12-14-28)10-15-30(29)47-25(3)9-7-8-16-46-31(23)19-37(5)49(43,44)32-20-36(4)22-34-32/h10-15,17,20,22-25,31,35,39H,7-9,16,18-19,21H2,1-6H3/t23-,24+,25-,31+/m0/s1. The van der Waals surface area contributed by atoms with E-state index in [1.807, 2.05) is 13.8 Å². The van der Waals surface area contributed by atoms with Crippen molar-refractivity contribution in [1.29, 1.82) is 0 Å². The van der Waals surface area contributed by atoms with E-state index in [2.05, 4.69) is 9.71 Å². The number of aliphatic hydroxyl groups excluding tert-OH is 1. The average molecular weight is 722 g/mol. The van der Waals surface area contributed by atoms with E-state index in [1.165, 1.54) is 72.3 Å². The molecule has 4 atom stereocenters. The third-order valence-corrected chi connectivity index (χ3v) is 11.6. The second kappa shape index (κ2) is 16.3. The number of amides is 1. The lowest BCUT2D eigenvalue weighted by molar-refractivity contribution is -0.00835. The molecule has 0 aliphatic carbocycles. The molecule has 1 aromatic heterocycles. The number of imidazole rings is 1. The Labute approximate surface area is 289 Å². The number of ether oxygens (including phenoxy) is 3. The molecule has 3 aromatic rings. The van der Waals surface area contributed by atoms with Crippen LogP contribution in [-0.4, -0.2) is 105 Å². The lowest BCUT2D eigenvalue weighted by Crippen LogP contribution is -2.48. The first-order chi connectivity index (χ1) is 23.2. The van der Waals surface area contributed by atoms with Gasteiger partial charge in [0.25, 0.3) is 26.0 Å². The third kappa shape index (κ3) is 9.51. The fourth-order valence-electron chi connectivity index (χ4n) is 5.45. The Kier molecular flexibility index (Phi) is 12.7. The maximum Gasteiger partial charge on any atom is 0.261 e. The van der Waals surface area contributed by atoms with Crippen molar-refractivity contribution < 1.29 is 40.9 Å². The van der Waals surface area contributed by atoms with Gasteiger partial charge in [-0.05, 0) is 75.6 Å². The number of anilines is 1. The zero-order valence-electron chi connectivity index (χ0n) is 28.8. The SMILES string of the molecule is COc1ccc(S(=O)(=O)Nc2ccc3c(c2)C(=O)N([C@H](C)CO)C[C@H](C)[C@@H](CN(C)S(=O)(=O)c2cn(C)cn2)OCCCC[C@H](C)O3)cc1. The molecule has 0 saturated carbocycles. The molecule has 0 radical (unpaired) electrons. The van der Waals surface area contributed by atoms with E-state index >= 15 is 0 Å². The molecule has 0 bridgehead atoms. The Morgan fingerprint density at radius 3 is 2.47 bits per heavy atom. The fraction of sp³-hybridized carbons (Fsp3) is 0.515. The Morgan fingerprint density at radius 2 is 1.84 bits per heavy atom. The van der Waals surface area contributed by atoms with E-state index in [0.29, 0.717) is 25.2 Å². The summed E-state index contributed by atoms with van der Waals surface area (Å²) < 4.78 is 76.1. The molecule has 270 valence electrons. The lowest BCUT2D eigenvalue weighted by Gasteiger charge is -2.35. The highest BCUT2D eigenvalue weighted by molar-refractivity contribution is 7.92. The molecular formula is C33H47N5O9S2. The van der Waals surface area contributed by atoms with Gasteiger partial charge in [-0.25, -0.2) is 21.8 Å². The van der Waals surface area contributed by atoms with Crippen molar-refractivity contribution in [2.45, 2.75) is 68.2 Å². The topological polar surface area (TPSA) is 170 Å². The second-order valence-corrected chi connectivity index (χ2v) is 16.1. The van der Waals surface area contributed by atoms with Crippen LogP contribution in [0.15, 0.2) is 64.9 Å². The third-order valence-electron chi connectivity index (χ3n) is 8.47. The summed E-state index contributed by atoms with van der Waals surface area (Å²) in [5, 5.41) is 10.1. The van der Waals surface area contributed by atoms with Gasteiger partial charge in [0, 0.05) is 51.6 Å². The number of likely N-dealkylation sites (N-methyl/N-ethyl adjacent to an activating group) is 1. The molecule has 4 rings (SSSR count). The molecule has 0 spiro atoms. The Bertz CT molecular complexity index is 1780. The van der Waals surface area contributed by atoms with Crippen molar-refractivity contribution in [3.8, 4) is 11.5 Å². The monoisotopic (exact) mass is 721 g/mol. The number of fused-ring (bicyclic) bond motifs is 1. The van der Waals surface area contributed by atoms with Crippen LogP contribution in [-0.2, 0) is 31.8 Å². The number of rotatable bonds is 10. The van der Waals surface area contributed by atoms with Crippen molar-refractivity contribution in [1.82, 2.24) is 18.8 Å². The van der Waals surface area contributed by atoms with Crippen molar-refractivity contribution in [3.05, 3.63) is 60.6 Å². The van der Waals surface area contributed by atoms with Gasteiger partial charge in [0.15, 0.2) is 5.03 Å². The number of aromatic nitrogens is 2. The summed E-state index contributed by atoms with van der Waals surface area (Å²) in [4.78, 5) is 19.9. The first-order valence-electron chi connectivity index (χ1n) is 16.1. The van der Waals surface area contributed by atoms with Crippen molar-refractivity contribution in [3.63, 3.8) is 0 Å². The maximum absolute atomic E-state index is 14.4. The van der Waals surface area contributed by atoms with Gasteiger partial charge < -0.3 is 28.8 Å². The molecule has 49 heavy (non-hydrogen) atoms. The molecule has 2 heterocycles. The van der Waals surface area contributed by atoms with Crippen molar-refractivity contribution >= 4 is 31.6 Å². The number of nitrogens with one attached hydrogen (secondary N) is 1. The van der Waals surface area contributed by atoms with Gasteiger partial charge in [-0.2, -0.15) is 4.31 Å². The summed E-state index contributed by atoms with van der Waals surface area (Å²) in [6.45, 7) is 5.56. The van der Waals surface area contributed by atoms with E-state index in [9.17, 15) is 26.7 Å². The minimum Gasteiger partial charge on any atom is -0.497 e. The molecule has 16 heteroatoms. The lowest BCUT2D eigenvalue weighted by atomic mass is 10.0. The number of nitrogens with zero attached hydrogens (tertiary/aromatic N) is 4. The first-order valence-corrected chi connectivity index (χ1v) is 19.0. The van der Waals surface area contributed by atoms with Crippen molar-refractivity contribution in [2.24, 2.45) is 13.0 Å². The van der Waals surface area contributed by atoms with Crippen LogP contribution in [0.3, 0.4) is 0 Å². The minimum atomic E-state index is -4.02. The predicted molar refractivity (Wildman–Crippen MR) is 184 cm³/mol. The number of hydrogen-bond acceptors (Lipinski definition) is 10. The van der Waals surface area contributed by atoms with Crippen LogP contribution >= 0.6 is 0 Å². The number of hydrogen-bond donors (Lipinski definition) is 2. The molecule has 0 fully saturated rings. The van der Waals surface area contributed by atoms with Crippen LogP contribution in [0.2, 0.25) is 0 Å². The van der Waals surface area contributed by atoms with Crippen molar-refractivity contribution in [2.75, 3.05) is 45.2 Å². The summed E-state index contributed by atoms with van der Waals surface area (Å²) in [7, 11) is -3.30. The highest BCUT2D eigenvalue weighted by atomic mass is 32.2. The van der Waals surface area contributed by atoms with Gasteiger partial charge in [0.1, 0.15) is 11.5 Å². The van der Waals surface area contributed by atoms with E-state index in [-0.39, 0.29) is 58.6 Å². The molecule has 0 saturated heterocycles. The smallest absolute Gasteiger partial charge is 0.261 e. The number of methoxy groups -OCH3 is 1. The largest absolute Gasteiger partial charge is 0.497 e. The quantitative estimate of drug-likeness (QED) is 0.317. The summed E-state index contributed by atoms with van der Waals surface area (Å²) >= 11 is 0. The van der Waals surface area contributed by atoms with E-state index in [4.69, 9.17) is 14.2 Å². The Balaban J connectivity index is 1.67. The summed E-state index contributed by atoms with van der Waals surface area (Å²) in [5.74, 6) is -0.101. The van der Waals surface area contributed by atoms with Crippen LogP contribution in [0.1, 0.15) is 50.4 Å². The van der Waals surface area contributed by atoms with Crippen LogP contribution in [0.5, 0.6) is 11.5 Å². The normalized spacial score (nSPS) is 20.6. The van der Waals surface area contributed by atoms with Gasteiger partial charge >= 0.3 is 0 Å². The van der Waals surface area contributed by atoms with Crippen LogP contribution < -0.4 is 14.2 Å². The molecule has 1 amide bonds. The predicted octanol–water partition coefficient (Wildman–Crippen LogP) is 3.35. The molecule has 14 nitrogen and oxygen atoms in total. The van der Waals surface area contributed by atoms with Gasteiger partial charge in [0.05, 0.1) is 48.8 Å². The number of sulfonamides is 2. The number of carbonyl (C=O) groups is 1. The number of aryl methyl sites for hydroxylation is 1. The molecule has 2 N–H and O–H groups in total. The van der Waals surface area contributed by atoms with Gasteiger partial charge in [-0.15, -0.1) is 0 Å². The van der Waals surface area contributed by atoms with E-state index in [0.717, 1.165) is 6.42 Å². The molecule has 0 unspecified atom stereocenters. The Morgan fingerprint density at radius 1 is 1.12 bits per heavy atom. The average Bonchev–Trinajstić information content (AvgIpc) is 3.52. The number of aliphatic hydroxyl groups is 1. The first kappa shape index (κ1) is 38.1. The van der Waals surface area contributed by atoms with Gasteiger partial charge in [0.2, 0.25) is 0 Å². The zero-order valence-corrected chi connectivity index (χ0v) is 30.4. The molecule has 1 aliphatic heterocycles. The molecule has 2 aromatic carbocycles. The second-order valence-electron chi connectivity index (χ2n) is 12.5. The highest BCUT2D eigenvalue weighted by Gasteiger charge is 2.33. The molecule has 1 aliphatic rings. The van der Waals surface area contributed by atoms with Gasteiger partial charge in [-0.3, -0.25) is 9.52 Å². The summed E-state index contributed by atoms with van der Waals surface area (Å²) in [6.07, 6.45) is 4.04. The van der Waals surface area contributed by atoms with E-state index in [1.54, 1.807) is 24.6 Å².